The molecular formula is C33H65N3O2. The smallest absolute Gasteiger partial charge is 0.222 e. The Kier molecular flexibility index (Phi) is 22.9. The van der Waals surface area contributed by atoms with Gasteiger partial charge in [0.1, 0.15) is 0 Å². The molecular weight excluding hydrogens is 470 g/mol. The molecule has 0 aliphatic carbocycles. The van der Waals surface area contributed by atoms with Gasteiger partial charge in [-0.05, 0) is 45.3 Å². The van der Waals surface area contributed by atoms with Gasteiger partial charge in [-0.15, -0.1) is 0 Å². The van der Waals surface area contributed by atoms with E-state index in [0.717, 1.165) is 25.8 Å². The molecule has 0 aromatic heterocycles. The van der Waals surface area contributed by atoms with Crippen molar-refractivity contribution in [3.63, 3.8) is 0 Å². The third-order valence-electron chi connectivity index (χ3n) is 8.25. The predicted molar refractivity (Wildman–Crippen MR) is 164 cm³/mol. The van der Waals surface area contributed by atoms with Gasteiger partial charge in [0, 0.05) is 39.0 Å². The first kappa shape index (κ1) is 34.9. The maximum atomic E-state index is 12.8. The van der Waals surface area contributed by atoms with Crippen molar-refractivity contribution in [2.24, 2.45) is 0 Å². The van der Waals surface area contributed by atoms with E-state index in [1.54, 1.807) is 0 Å². The summed E-state index contributed by atoms with van der Waals surface area (Å²) in [5.41, 5.74) is 0. The summed E-state index contributed by atoms with van der Waals surface area (Å²) in [7, 11) is 0. The van der Waals surface area contributed by atoms with Crippen LogP contribution in [0.1, 0.15) is 156 Å². The Balaban J connectivity index is 2.29. The fourth-order valence-corrected chi connectivity index (χ4v) is 5.58. The molecule has 1 heterocycles. The lowest BCUT2D eigenvalue weighted by molar-refractivity contribution is -0.139. The average Bonchev–Trinajstić information content (AvgIpc) is 2.94. The van der Waals surface area contributed by atoms with Gasteiger partial charge in [-0.2, -0.15) is 0 Å². The van der Waals surface area contributed by atoms with Crippen LogP contribution in [0.3, 0.4) is 0 Å². The van der Waals surface area contributed by atoms with E-state index < -0.39 is 0 Å². The quantitative estimate of drug-likeness (QED) is 0.111. The minimum atomic E-state index is 0.261. The van der Waals surface area contributed by atoms with Gasteiger partial charge in [0.05, 0.1) is 0 Å². The lowest BCUT2D eigenvalue weighted by Crippen LogP contribution is -2.50. The lowest BCUT2D eigenvalue weighted by Gasteiger charge is -2.35. The molecule has 0 N–H and O–H groups in total. The van der Waals surface area contributed by atoms with Crippen LogP contribution in [0.5, 0.6) is 0 Å². The Morgan fingerprint density at radius 3 is 1.16 bits per heavy atom. The molecule has 5 heteroatoms. The summed E-state index contributed by atoms with van der Waals surface area (Å²) < 4.78 is 0. The molecule has 0 aromatic carbocycles. The van der Waals surface area contributed by atoms with Crippen molar-refractivity contribution < 1.29 is 9.59 Å². The summed E-state index contributed by atoms with van der Waals surface area (Å²) in [5.74, 6) is 0.543. The number of amides is 2. The molecule has 1 rings (SSSR count). The number of piperazine rings is 1. The Labute approximate surface area is 237 Å². The summed E-state index contributed by atoms with van der Waals surface area (Å²) in [6.07, 6.45) is 26.1. The number of nitrogens with zero attached hydrogens (tertiary/aromatic N) is 3. The maximum Gasteiger partial charge on any atom is 0.222 e. The Morgan fingerprint density at radius 1 is 0.447 bits per heavy atom. The van der Waals surface area contributed by atoms with Crippen LogP contribution < -0.4 is 0 Å². The molecule has 0 atom stereocenters. The van der Waals surface area contributed by atoms with Crippen LogP contribution >= 0.6 is 0 Å². The molecule has 1 aliphatic heterocycles. The van der Waals surface area contributed by atoms with Crippen LogP contribution in [-0.4, -0.2) is 72.3 Å². The number of hydrogen-bond acceptors (Lipinski definition) is 3. The number of hydrogen-bond donors (Lipinski definition) is 0. The predicted octanol–water partition coefficient (Wildman–Crippen LogP) is 8.21. The van der Waals surface area contributed by atoms with Crippen molar-refractivity contribution in [2.75, 3.05) is 45.8 Å². The molecule has 0 spiro atoms. The van der Waals surface area contributed by atoms with E-state index in [-0.39, 0.29) is 11.8 Å². The van der Waals surface area contributed by atoms with Crippen LogP contribution in [-0.2, 0) is 9.59 Å². The summed E-state index contributed by atoms with van der Waals surface area (Å²) >= 11 is 0. The van der Waals surface area contributed by atoms with E-state index in [2.05, 4.69) is 25.7 Å². The molecule has 0 unspecified atom stereocenters. The highest BCUT2D eigenvalue weighted by atomic mass is 16.2. The molecule has 224 valence electrons. The summed E-state index contributed by atoms with van der Waals surface area (Å²) in [6.45, 7) is 12.9. The van der Waals surface area contributed by atoms with Gasteiger partial charge in [0.25, 0.3) is 0 Å². The highest BCUT2D eigenvalue weighted by molar-refractivity contribution is 5.78. The summed E-state index contributed by atoms with van der Waals surface area (Å²) in [5, 5.41) is 0. The van der Waals surface area contributed by atoms with Crippen LogP contribution in [0.4, 0.5) is 0 Å². The van der Waals surface area contributed by atoms with E-state index in [0.29, 0.717) is 39.0 Å². The molecule has 0 bridgehead atoms. The van der Waals surface area contributed by atoms with Gasteiger partial charge in [-0.3, -0.25) is 9.59 Å². The van der Waals surface area contributed by atoms with Gasteiger partial charge < -0.3 is 14.7 Å². The monoisotopic (exact) mass is 536 g/mol. The fraction of sp³-hybridized carbons (Fsp3) is 0.939. The zero-order chi connectivity index (χ0) is 27.7. The van der Waals surface area contributed by atoms with Crippen molar-refractivity contribution in [1.82, 2.24) is 14.7 Å². The molecule has 5 nitrogen and oxygen atoms in total. The van der Waals surface area contributed by atoms with Crippen molar-refractivity contribution >= 4 is 11.8 Å². The van der Waals surface area contributed by atoms with Gasteiger partial charge in [0.2, 0.25) is 11.8 Å². The molecule has 0 saturated carbocycles. The molecule has 0 radical (unpaired) electrons. The van der Waals surface area contributed by atoms with E-state index in [9.17, 15) is 9.59 Å². The van der Waals surface area contributed by atoms with Crippen molar-refractivity contribution in [1.29, 1.82) is 0 Å². The lowest BCUT2D eigenvalue weighted by atomic mass is 10.1. The third kappa shape index (κ3) is 18.2. The largest absolute Gasteiger partial charge is 0.339 e. The minimum absolute atomic E-state index is 0.261. The second-order valence-corrected chi connectivity index (χ2v) is 11.8. The first-order chi connectivity index (χ1) is 18.6. The van der Waals surface area contributed by atoms with E-state index in [1.165, 1.54) is 116 Å². The SMILES string of the molecule is CCCCCCCCCCN(CCCCCCCCCC)CCCC(=O)N1CCN(C(=O)CCCC)CC1. The average molecular weight is 536 g/mol. The van der Waals surface area contributed by atoms with E-state index in [1.807, 2.05) is 9.80 Å². The van der Waals surface area contributed by atoms with Crippen LogP contribution in [0.25, 0.3) is 0 Å². The van der Waals surface area contributed by atoms with Crippen molar-refractivity contribution in [2.45, 2.75) is 156 Å². The van der Waals surface area contributed by atoms with Gasteiger partial charge >= 0.3 is 0 Å². The maximum absolute atomic E-state index is 12.8. The number of carbonyl (C=O) groups excluding carboxylic acids is 2. The molecule has 1 fully saturated rings. The van der Waals surface area contributed by atoms with Crippen molar-refractivity contribution in [3.8, 4) is 0 Å². The summed E-state index contributed by atoms with van der Waals surface area (Å²) in [4.78, 5) is 31.7. The van der Waals surface area contributed by atoms with Crippen LogP contribution in [0, 0.1) is 0 Å². The first-order valence-electron chi connectivity index (χ1n) is 16.9. The van der Waals surface area contributed by atoms with Crippen molar-refractivity contribution in [3.05, 3.63) is 0 Å². The van der Waals surface area contributed by atoms with Gasteiger partial charge in [-0.25, -0.2) is 0 Å². The van der Waals surface area contributed by atoms with Crippen LogP contribution in [0.2, 0.25) is 0 Å². The first-order valence-corrected chi connectivity index (χ1v) is 16.9. The minimum Gasteiger partial charge on any atom is -0.339 e. The molecule has 0 aromatic rings. The van der Waals surface area contributed by atoms with E-state index in [4.69, 9.17) is 0 Å². The topological polar surface area (TPSA) is 43.9 Å². The molecule has 1 saturated heterocycles. The highest BCUT2D eigenvalue weighted by Crippen LogP contribution is 2.13. The Morgan fingerprint density at radius 2 is 0.763 bits per heavy atom. The van der Waals surface area contributed by atoms with Crippen LogP contribution in [0.15, 0.2) is 0 Å². The highest BCUT2D eigenvalue weighted by Gasteiger charge is 2.23. The Bertz CT molecular complexity index is 540. The summed E-state index contributed by atoms with van der Waals surface area (Å²) in [6, 6.07) is 0. The van der Waals surface area contributed by atoms with Gasteiger partial charge in [0.15, 0.2) is 0 Å². The normalized spacial score (nSPS) is 14.0. The standard InChI is InChI=1S/C33H65N3O2/c1-4-7-10-12-14-16-18-20-25-34(26-21-19-17-15-13-11-8-5-2)27-22-24-33(38)36-30-28-35(29-31-36)32(37)23-9-6-3/h4-31H2,1-3H3. The molecule has 1 aliphatic rings. The second-order valence-electron chi connectivity index (χ2n) is 11.8. The molecule has 38 heavy (non-hydrogen) atoms. The number of carbonyl (C=O) groups is 2. The Hall–Kier alpha value is -1.10. The van der Waals surface area contributed by atoms with Gasteiger partial charge in [-0.1, -0.05) is 117 Å². The zero-order valence-corrected chi connectivity index (χ0v) is 26.0. The zero-order valence-electron chi connectivity index (χ0n) is 26.0. The molecule has 2 amide bonds. The number of rotatable bonds is 25. The van der Waals surface area contributed by atoms with E-state index >= 15 is 0 Å². The fourth-order valence-electron chi connectivity index (χ4n) is 5.58. The second kappa shape index (κ2) is 24.9. The third-order valence-corrected chi connectivity index (χ3v) is 8.25. The number of unbranched alkanes of at least 4 members (excludes halogenated alkanes) is 15.